The smallest absolute Gasteiger partial charge is 0.161 e. The van der Waals surface area contributed by atoms with Gasteiger partial charge in [0.05, 0.1) is 16.9 Å². The fraction of sp³-hybridized carbons (Fsp3) is 0.100. The Kier molecular flexibility index (Phi) is 3.05. The zero-order valence-electron chi connectivity index (χ0n) is 7.99. The minimum absolute atomic E-state index is 0.0796. The first-order valence-corrected chi connectivity index (χ1v) is 4.77. The second kappa shape index (κ2) is 4.49. The van der Waals surface area contributed by atoms with Crippen LogP contribution in [0.3, 0.4) is 0 Å². The van der Waals surface area contributed by atoms with Gasteiger partial charge in [0.25, 0.3) is 0 Å². The maximum absolute atomic E-state index is 12.9. The lowest BCUT2D eigenvalue weighted by molar-refractivity contribution is 0.476. The van der Waals surface area contributed by atoms with Crippen molar-refractivity contribution in [1.82, 2.24) is 15.0 Å². The highest BCUT2D eigenvalue weighted by Gasteiger charge is 2.08. The van der Waals surface area contributed by atoms with E-state index >= 15 is 0 Å². The first-order chi connectivity index (χ1) is 7.70. The zero-order chi connectivity index (χ0) is 11.5. The van der Waals surface area contributed by atoms with E-state index in [1.807, 2.05) is 0 Å². The molecule has 0 bridgehead atoms. The van der Waals surface area contributed by atoms with Crippen LogP contribution in [0.5, 0.6) is 0 Å². The molecule has 0 saturated heterocycles. The molecule has 0 aromatic carbocycles. The maximum atomic E-state index is 12.9. The maximum Gasteiger partial charge on any atom is 0.161 e. The van der Waals surface area contributed by atoms with Gasteiger partial charge in [-0.3, -0.25) is 4.98 Å². The van der Waals surface area contributed by atoms with Crippen LogP contribution < -0.4 is 0 Å². The van der Waals surface area contributed by atoms with Crippen molar-refractivity contribution in [3.05, 3.63) is 41.2 Å². The standard InChI is InChI=1S/C10H6ClF2N3/c11-8-5-15-10(16-9(8)2-12)6-1-7(13)4-14-3-6/h1,3-5H,2H2. The molecule has 0 spiro atoms. The van der Waals surface area contributed by atoms with Gasteiger partial charge in [-0.2, -0.15) is 0 Å². The average molecular weight is 242 g/mol. The minimum Gasteiger partial charge on any atom is -0.261 e. The van der Waals surface area contributed by atoms with E-state index in [1.165, 1.54) is 18.5 Å². The monoisotopic (exact) mass is 241 g/mol. The van der Waals surface area contributed by atoms with E-state index in [2.05, 4.69) is 15.0 Å². The van der Waals surface area contributed by atoms with Gasteiger partial charge in [-0.15, -0.1) is 0 Å². The Morgan fingerprint density at radius 2 is 2.06 bits per heavy atom. The van der Waals surface area contributed by atoms with Gasteiger partial charge in [0, 0.05) is 18.0 Å². The SMILES string of the molecule is FCc1nc(-c2cncc(F)c2)ncc1Cl. The van der Waals surface area contributed by atoms with E-state index in [1.54, 1.807) is 0 Å². The topological polar surface area (TPSA) is 38.7 Å². The number of hydrogen-bond acceptors (Lipinski definition) is 3. The molecule has 0 amide bonds. The van der Waals surface area contributed by atoms with Crippen molar-refractivity contribution in [1.29, 1.82) is 0 Å². The lowest BCUT2D eigenvalue weighted by atomic mass is 10.2. The average Bonchev–Trinajstić information content (AvgIpc) is 2.29. The second-order valence-electron chi connectivity index (χ2n) is 3.01. The fourth-order valence-electron chi connectivity index (χ4n) is 1.17. The van der Waals surface area contributed by atoms with Gasteiger partial charge in [-0.1, -0.05) is 11.6 Å². The third kappa shape index (κ3) is 2.14. The number of halogens is 3. The molecule has 3 nitrogen and oxygen atoms in total. The van der Waals surface area contributed by atoms with Crippen LogP contribution in [0.4, 0.5) is 8.78 Å². The van der Waals surface area contributed by atoms with E-state index in [9.17, 15) is 8.78 Å². The van der Waals surface area contributed by atoms with Crippen molar-refractivity contribution in [2.45, 2.75) is 6.67 Å². The Balaban J connectivity index is 2.48. The summed E-state index contributed by atoms with van der Waals surface area (Å²) < 4.78 is 25.4. The predicted octanol–water partition coefficient (Wildman–Crippen LogP) is 2.80. The molecule has 0 aliphatic carbocycles. The number of pyridine rings is 1. The quantitative estimate of drug-likeness (QED) is 0.812. The summed E-state index contributed by atoms with van der Waals surface area (Å²) in [5, 5.41) is 0.149. The molecular weight excluding hydrogens is 236 g/mol. The Morgan fingerprint density at radius 1 is 1.25 bits per heavy atom. The van der Waals surface area contributed by atoms with Gasteiger partial charge in [-0.05, 0) is 6.07 Å². The number of aromatic nitrogens is 3. The molecule has 6 heteroatoms. The molecule has 16 heavy (non-hydrogen) atoms. The summed E-state index contributed by atoms with van der Waals surface area (Å²) in [6.45, 7) is -0.795. The van der Waals surface area contributed by atoms with Crippen LogP contribution in [-0.2, 0) is 6.67 Å². The van der Waals surface area contributed by atoms with E-state index < -0.39 is 12.5 Å². The largest absolute Gasteiger partial charge is 0.261 e. The Morgan fingerprint density at radius 3 is 2.75 bits per heavy atom. The molecule has 0 unspecified atom stereocenters. The summed E-state index contributed by atoms with van der Waals surface area (Å²) >= 11 is 5.66. The van der Waals surface area contributed by atoms with Crippen LogP contribution in [0.1, 0.15) is 5.69 Å². The molecule has 82 valence electrons. The summed E-state index contributed by atoms with van der Waals surface area (Å²) in [5.41, 5.74) is 0.460. The van der Waals surface area contributed by atoms with Gasteiger partial charge in [0.1, 0.15) is 12.5 Å². The zero-order valence-corrected chi connectivity index (χ0v) is 8.75. The van der Waals surface area contributed by atoms with Crippen LogP contribution in [0.15, 0.2) is 24.7 Å². The van der Waals surface area contributed by atoms with E-state index in [-0.39, 0.29) is 16.5 Å². The molecule has 0 atom stereocenters. The summed E-state index contributed by atoms with van der Waals surface area (Å²) in [5.74, 6) is -0.304. The molecule has 0 aliphatic heterocycles. The predicted molar refractivity (Wildman–Crippen MR) is 55.0 cm³/mol. The highest BCUT2D eigenvalue weighted by Crippen LogP contribution is 2.19. The molecule has 0 aliphatic rings. The van der Waals surface area contributed by atoms with Gasteiger partial charge in [-0.25, -0.2) is 18.7 Å². The molecular formula is C10H6ClF2N3. The van der Waals surface area contributed by atoms with Gasteiger partial charge < -0.3 is 0 Å². The minimum atomic E-state index is -0.795. The number of rotatable bonds is 2. The van der Waals surface area contributed by atoms with Crippen molar-refractivity contribution in [2.24, 2.45) is 0 Å². The normalized spacial score (nSPS) is 10.4. The Bertz CT molecular complexity index is 519. The van der Waals surface area contributed by atoms with Crippen molar-refractivity contribution in [3.8, 4) is 11.4 Å². The molecule has 2 heterocycles. The van der Waals surface area contributed by atoms with Crippen molar-refractivity contribution < 1.29 is 8.78 Å². The van der Waals surface area contributed by atoms with Crippen LogP contribution in [0.2, 0.25) is 5.02 Å². The van der Waals surface area contributed by atoms with Gasteiger partial charge in [0.15, 0.2) is 5.82 Å². The molecule has 0 fully saturated rings. The molecule has 0 radical (unpaired) electrons. The molecule has 2 rings (SSSR count). The first-order valence-electron chi connectivity index (χ1n) is 4.39. The highest BCUT2D eigenvalue weighted by atomic mass is 35.5. The van der Waals surface area contributed by atoms with Crippen LogP contribution in [0, 0.1) is 5.82 Å². The van der Waals surface area contributed by atoms with Crippen molar-refractivity contribution in [2.75, 3.05) is 0 Å². The summed E-state index contributed by atoms with van der Waals surface area (Å²) in [6.07, 6.45) is 3.74. The number of alkyl halides is 1. The van der Waals surface area contributed by atoms with Crippen LogP contribution in [0.25, 0.3) is 11.4 Å². The van der Waals surface area contributed by atoms with Crippen LogP contribution in [-0.4, -0.2) is 15.0 Å². The fourth-order valence-corrected chi connectivity index (χ4v) is 1.31. The Labute approximate surface area is 95.1 Å². The third-order valence-corrected chi connectivity index (χ3v) is 2.22. The van der Waals surface area contributed by atoms with Crippen molar-refractivity contribution in [3.63, 3.8) is 0 Å². The Hall–Kier alpha value is -1.62. The van der Waals surface area contributed by atoms with E-state index in [4.69, 9.17) is 11.6 Å². The number of nitrogens with zero attached hydrogens (tertiary/aromatic N) is 3. The molecule has 0 saturated carbocycles. The second-order valence-corrected chi connectivity index (χ2v) is 3.42. The van der Waals surface area contributed by atoms with Gasteiger partial charge >= 0.3 is 0 Å². The molecule has 0 N–H and O–H groups in total. The molecule has 2 aromatic heterocycles. The third-order valence-electron chi connectivity index (χ3n) is 1.91. The number of hydrogen-bond donors (Lipinski definition) is 0. The van der Waals surface area contributed by atoms with E-state index in [0.717, 1.165) is 6.20 Å². The molecule has 2 aromatic rings. The summed E-state index contributed by atoms with van der Waals surface area (Å²) in [6, 6.07) is 1.22. The van der Waals surface area contributed by atoms with Crippen molar-refractivity contribution >= 4 is 11.6 Å². The first kappa shape index (κ1) is 10.9. The van der Waals surface area contributed by atoms with E-state index in [0.29, 0.717) is 5.56 Å². The lowest BCUT2D eigenvalue weighted by Crippen LogP contribution is -1.95. The lowest BCUT2D eigenvalue weighted by Gasteiger charge is -2.02. The summed E-state index contributed by atoms with van der Waals surface area (Å²) in [4.78, 5) is 11.4. The summed E-state index contributed by atoms with van der Waals surface area (Å²) in [7, 11) is 0. The van der Waals surface area contributed by atoms with Crippen LogP contribution >= 0.6 is 11.6 Å². The highest BCUT2D eigenvalue weighted by molar-refractivity contribution is 6.31. The van der Waals surface area contributed by atoms with Gasteiger partial charge in [0.2, 0.25) is 0 Å².